The maximum absolute atomic E-state index is 4.74. The Balaban J connectivity index is 2.25. The molecule has 0 saturated carbocycles. The van der Waals surface area contributed by atoms with E-state index in [9.17, 15) is 0 Å². The molecule has 0 unspecified atom stereocenters. The highest BCUT2D eigenvalue weighted by atomic mass is 15.3. The normalized spacial score (nSPS) is 12.2. The Hall–Kier alpha value is -2.10. The molecule has 0 aliphatic rings. The van der Waals surface area contributed by atoms with E-state index >= 15 is 0 Å². The van der Waals surface area contributed by atoms with Crippen molar-refractivity contribution in [3.05, 3.63) is 41.9 Å². The summed E-state index contributed by atoms with van der Waals surface area (Å²) in [5.41, 5.74) is 5.21. The highest BCUT2D eigenvalue weighted by Gasteiger charge is 2.24. The van der Waals surface area contributed by atoms with Crippen molar-refractivity contribution in [1.82, 2.24) is 19.7 Å². The van der Waals surface area contributed by atoms with E-state index in [-0.39, 0.29) is 5.41 Å². The van der Waals surface area contributed by atoms with E-state index < -0.39 is 0 Å². The summed E-state index contributed by atoms with van der Waals surface area (Å²) in [6.07, 6.45) is 1.73. The van der Waals surface area contributed by atoms with Crippen LogP contribution >= 0.6 is 0 Å². The molecular formula is C15H18N4. The third kappa shape index (κ3) is 1.93. The first kappa shape index (κ1) is 12.0. The standard InChI is InChI=1S/C15H18N4/c1-10-5-7-11(8-6-10)19-14-12(16-9-17-14)13(18-19)15(2,3)4/h5-9H,1-4H3,(H,16,17). The Morgan fingerprint density at radius 2 is 1.79 bits per heavy atom. The summed E-state index contributed by atoms with van der Waals surface area (Å²) < 4.78 is 1.91. The molecule has 0 spiro atoms. The first-order valence-electron chi connectivity index (χ1n) is 6.46. The molecule has 3 aromatic rings. The molecule has 19 heavy (non-hydrogen) atoms. The molecule has 1 N–H and O–H groups in total. The zero-order chi connectivity index (χ0) is 13.6. The lowest BCUT2D eigenvalue weighted by atomic mass is 9.92. The third-order valence-electron chi connectivity index (χ3n) is 3.25. The van der Waals surface area contributed by atoms with Crippen molar-refractivity contribution in [2.24, 2.45) is 0 Å². The second-order valence-electron chi connectivity index (χ2n) is 5.95. The second-order valence-corrected chi connectivity index (χ2v) is 5.95. The molecule has 2 aromatic heterocycles. The van der Waals surface area contributed by atoms with Crippen LogP contribution in [0.3, 0.4) is 0 Å². The van der Waals surface area contributed by atoms with Gasteiger partial charge in [-0.15, -0.1) is 0 Å². The summed E-state index contributed by atoms with van der Waals surface area (Å²) in [4.78, 5) is 7.60. The van der Waals surface area contributed by atoms with Crippen LogP contribution < -0.4 is 0 Å². The number of nitrogens with zero attached hydrogens (tertiary/aromatic N) is 3. The van der Waals surface area contributed by atoms with Gasteiger partial charge in [0.2, 0.25) is 0 Å². The van der Waals surface area contributed by atoms with E-state index in [1.807, 2.05) is 4.68 Å². The number of hydrogen-bond acceptors (Lipinski definition) is 2. The van der Waals surface area contributed by atoms with Gasteiger partial charge < -0.3 is 4.98 Å². The van der Waals surface area contributed by atoms with Gasteiger partial charge >= 0.3 is 0 Å². The monoisotopic (exact) mass is 254 g/mol. The van der Waals surface area contributed by atoms with Gasteiger partial charge in [0, 0.05) is 5.41 Å². The molecule has 0 saturated heterocycles. The largest absolute Gasteiger partial charge is 0.342 e. The van der Waals surface area contributed by atoms with E-state index in [0.717, 1.165) is 22.5 Å². The lowest BCUT2D eigenvalue weighted by Crippen LogP contribution is -2.13. The average molecular weight is 254 g/mol. The van der Waals surface area contributed by atoms with Crippen molar-refractivity contribution in [2.75, 3.05) is 0 Å². The van der Waals surface area contributed by atoms with Crippen LogP contribution in [-0.2, 0) is 5.41 Å². The van der Waals surface area contributed by atoms with Crippen LogP contribution in [-0.4, -0.2) is 19.7 Å². The van der Waals surface area contributed by atoms with Crippen LogP contribution in [0.15, 0.2) is 30.6 Å². The van der Waals surface area contributed by atoms with Crippen LogP contribution in [0.1, 0.15) is 32.0 Å². The summed E-state index contributed by atoms with van der Waals surface area (Å²) in [6, 6.07) is 8.32. The topological polar surface area (TPSA) is 46.5 Å². The molecule has 1 aromatic carbocycles. The molecule has 0 radical (unpaired) electrons. The number of benzene rings is 1. The van der Waals surface area contributed by atoms with Crippen LogP contribution in [0, 0.1) is 6.92 Å². The molecule has 98 valence electrons. The molecule has 3 rings (SSSR count). The van der Waals surface area contributed by atoms with Crippen LogP contribution in [0.2, 0.25) is 0 Å². The van der Waals surface area contributed by atoms with Gasteiger partial charge in [-0.3, -0.25) is 0 Å². The van der Waals surface area contributed by atoms with Crippen molar-refractivity contribution in [3.8, 4) is 5.69 Å². The summed E-state index contributed by atoms with van der Waals surface area (Å²) in [6.45, 7) is 8.57. The zero-order valence-corrected chi connectivity index (χ0v) is 11.7. The number of fused-ring (bicyclic) bond motifs is 1. The maximum atomic E-state index is 4.74. The van der Waals surface area contributed by atoms with Crippen molar-refractivity contribution in [3.63, 3.8) is 0 Å². The van der Waals surface area contributed by atoms with Crippen molar-refractivity contribution in [1.29, 1.82) is 0 Å². The predicted molar refractivity (Wildman–Crippen MR) is 76.7 cm³/mol. The number of nitrogens with one attached hydrogen (secondary N) is 1. The fraction of sp³-hybridized carbons (Fsp3) is 0.333. The van der Waals surface area contributed by atoms with Gasteiger partial charge in [0.15, 0.2) is 5.65 Å². The van der Waals surface area contributed by atoms with Crippen LogP contribution in [0.25, 0.3) is 16.9 Å². The quantitative estimate of drug-likeness (QED) is 0.723. The molecule has 0 amide bonds. The fourth-order valence-corrected chi connectivity index (χ4v) is 2.21. The maximum Gasteiger partial charge on any atom is 0.181 e. The molecule has 0 atom stereocenters. The van der Waals surface area contributed by atoms with Gasteiger partial charge in [0.25, 0.3) is 0 Å². The fourth-order valence-electron chi connectivity index (χ4n) is 2.21. The van der Waals surface area contributed by atoms with Gasteiger partial charge in [-0.05, 0) is 19.1 Å². The summed E-state index contributed by atoms with van der Waals surface area (Å²) in [7, 11) is 0. The Bertz CT molecular complexity index is 711. The summed E-state index contributed by atoms with van der Waals surface area (Å²) in [5.74, 6) is 0. The van der Waals surface area contributed by atoms with E-state index in [0.29, 0.717) is 0 Å². The van der Waals surface area contributed by atoms with Crippen molar-refractivity contribution in [2.45, 2.75) is 33.1 Å². The minimum absolute atomic E-state index is 0.0132. The number of H-pyrrole nitrogens is 1. The smallest absolute Gasteiger partial charge is 0.181 e. The Morgan fingerprint density at radius 3 is 2.42 bits per heavy atom. The van der Waals surface area contributed by atoms with Gasteiger partial charge in [-0.2, -0.15) is 5.10 Å². The Kier molecular flexibility index (Phi) is 2.49. The third-order valence-corrected chi connectivity index (χ3v) is 3.25. The number of imidazole rings is 1. The SMILES string of the molecule is Cc1ccc(-n2nc(C(C)(C)C)c3[nH]cnc32)cc1. The van der Waals surface area contributed by atoms with E-state index in [2.05, 4.69) is 61.9 Å². The van der Waals surface area contributed by atoms with E-state index in [1.54, 1.807) is 6.33 Å². The number of rotatable bonds is 1. The predicted octanol–water partition coefficient (Wildman–Crippen LogP) is 3.35. The molecule has 4 heteroatoms. The zero-order valence-electron chi connectivity index (χ0n) is 11.7. The van der Waals surface area contributed by atoms with Crippen molar-refractivity contribution < 1.29 is 0 Å². The lowest BCUT2D eigenvalue weighted by molar-refractivity contribution is 0.563. The Morgan fingerprint density at radius 1 is 1.11 bits per heavy atom. The van der Waals surface area contributed by atoms with Gasteiger partial charge in [-0.1, -0.05) is 38.5 Å². The average Bonchev–Trinajstić information content (AvgIpc) is 2.89. The molecule has 0 aliphatic carbocycles. The van der Waals surface area contributed by atoms with Crippen LogP contribution in [0.5, 0.6) is 0 Å². The van der Waals surface area contributed by atoms with E-state index in [4.69, 9.17) is 5.10 Å². The van der Waals surface area contributed by atoms with Gasteiger partial charge in [0.1, 0.15) is 5.52 Å². The van der Waals surface area contributed by atoms with E-state index in [1.165, 1.54) is 5.56 Å². The minimum atomic E-state index is -0.0132. The second kappa shape index (κ2) is 3.95. The molecule has 4 nitrogen and oxygen atoms in total. The number of aromatic amines is 1. The minimum Gasteiger partial charge on any atom is -0.342 e. The molecular weight excluding hydrogens is 236 g/mol. The Labute approximate surface area is 112 Å². The van der Waals surface area contributed by atoms with Crippen LogP contribution in [0.4, 0.5) is 0 Å². The summed E-state index contributed by atoms with van der Waals surface area (Å²) in [5, 5.41) is 4.74. The number of aromatic nitrogens is 4. The molecule has 0 bridgehead atoms. The molecule has 0 aliphatic heterocycles. The highest BCUT2D eigenvalue weighted by molar-refractivity contribution is 5.76. The van der Waals surface area contributed by atoms with Gasteiger partial charge in [-0.25, -0.2) is 9.67 Å². The highest BCUT2D eigenvalue weighted by Crippen LogP contribution is 2.28. The van der Waals surface area contributed by atoms with Crippen molar-refractivity contribution >= 4 is 11.2 Å². The lowest BCUT2D eigenvalue weighted by Gasteiger charge is -2.14. The van der Waals surface area contributed by atoms with Gasteiger partial charge in [0.05, 0.1) is 17.7 Å². The first-order valence-corrected chi connectivity index (χ1v) is 6.46. The number of aryl methyl sites for hydroxylation is 1. The summed E-state index contributed by atoms with van der Waals surface area (Å²) >= 11 is 0. The number of hydrogen-bond donors (Lipinski definition) is 1. The first-order chi connectivity index (χ1) is 8.97. The molecule has 0 fully saturated rings. The molecule has 2 heterocycles.